The van der Waals surface area contributed by atoms with Gasteiger partial charge in [-0.15, -0.1) is 0 Å². The number of halogens is 2. The smallest absolute Gasteiger partial charge is 0.251 e. The van der Waals surface area contributed by atoms with Gasteiger partial charge in [0.25, 0.3) is 5.91 Å². The second-order valence-electron chi connectivity index (χ2n) is 4.78. The number of hydrogen-bond donors (Lipinski definition) is 1. The van der Waals surface area contributed by atoms with Gasteiger partial charge in [0.2, 0.25) is 0 Å². The minimum atomic E-state index is -0.0391. The van der Waals surface area contributed by atoms with E-state index in [1.54, 1.807) is 24.3 Å². The van der Waals surface area contributed by atoms with Crippen LogP contribution < -0.4 is 5.32 Å². The molecule has 2 nitrogen and oxygen atoms in total. The third-order valence-corrected chi connectivity index (χ3v) is 4.87. The average Bonchev–Trinajstić information content (AvgIpc) is 2.37. The highest BCUT2D eigenvalue weighted by molar-refractivity contribution is 9.09. The molecule has 0 heterocycles. The second kappa shape index (κ2) is 6.58. The van der Waals surface area contributed by atoms with Crippen molar-refractivity contribution in [1.82, 2.24) is 5.32 Å². The number of rotatable bonds is 3. The first-order valence-corrected chi connectivity index (χ1v) is 7.64. The molecule has 2 unspecified atom stereocenters. The zero-order chi connectivity index (χ0) is 13.0. The summed E-state index contributed by atoms with van der Waals surface area (Å²) in [6, 6.07) is 7.05. The normalized spacial score (nSPS) is 23.7. The van der Waals surface area contributed by atoms with Crippen LogP contribution in [0.25, 0.3) is 0 Å². The maximum Gasteiger partial charge on any atom is 0.251 e. The van der Waals surface area contributed by atoms with Gasteiger partial charge >= 0.3 is 0 Å². The highest BCUT2D eigenvalue weighted by Gasteiger charge is 2.23. The lowest BCUT2D eigenvalue weighted by Crippen LogP contribution is -2.34. The number of benzene rings is 1. The van der Waals surface area contributed by atoms with Crippen molar-refractivity contribution in [2.75, 3.05) is 6.54 Å². The minimum Gasteiger partial charge on any atom is -0.352 e. The van der Waals surface area contributed by atoms with Crippen LogP contribution in [0.3, 0.4) is 0 Å². The summed E-state index contributed by atoms with van der Waals surface area (Å²) in [7, 11) is 0. The Labute approximate surface area is 121 Å². The fourth-order valence-corrected chi connectivity index (χ4v) is 3.31. The number of amides is 1. The summed E-state index contributed by atoms with van der Waals surface area (Å²) in [5.74, 6) is 0.504. The SMILES string of the molecule is O=C(NCC1CCCCC1Br)c1cccc(Cl)c1. The van der Waals surface area contributed by atoms with E-state index in [0.717, 1.165) is 6.54 Å². The van der Waals surface area contributed by atoms with Crippen molar-refractivity contribution < 1.29 is 4.79 Å². The standard InChI is InChI=1S/C14H17BrClNO/c15-13-7-2-1-4-11(13)9-17-14(18)10-5-3-6-12(16)8-10/h3,5-6,8,11,13H,1-2,4,7,9H2,(H,17,18). The molecular weight excluding hydrogens is 314 g/mol. The van der Waals surface area contributed by atoms with Crippen molar-refractivity contribution in [3.05, 3.63) is 34.9 Å². The van der Waals surface area contributed by atoms with Gasteiger partial charge in [-0.3, -0.25) is 4.79 Å². The van der Waals surface area contributed by atoms with Gasteiger partial charge in [-0.2, -0.15) is 0 Å². The Morgan fingerprint density at radius 1 is 1.39 bits per heavy atom. The summed E-state index contributed by atoms with van der Waals surface area (Å²) in [4.78, 5) is 12.5. The van der Waals surface area contributed by atoms with Crippen molar-refractivity contribution in [3.8, 4) is 0 Å². The second-order valence-corrected chi connectivity index (χ2v) is 6.39. The van der Waals surface area contributed by atoms with Crippen LogP contribution in [0.1, 0.15) is 36.0 Å². The molecule has 0 saturated heterocycles. The molecule has 0 aliphatic heterocycles. The molecule has 18 heavy (non-hydrogen) atoms. The molecule has 0 bridgehead atoms. The van der Waals surface area contributed by atoms with Crippen LogP contribution in [-0.4, -0.2) is 17.3 Å². The zero-order valence-corrected chi connectivity index (χ0v) is 12.5. The third-order valence-electron chi connectivity index (χ3n) is 3.43. The minimum absolute atomic E-state index is 0.0391. The first kappa shape index (κ1) is 13.9. The molecule has 0 aromatic heterocycles. The van der Waals surface area contributed by atoms with Crippen LogP contribution in [-0.2, 0) is 0 Å². The fraction of sp³-hybridized carbons (Fsp3) is 0.500. The number of hydrogen-bond acceptors (Lipinski definition) is 1. The lowest BCUT2D eigenvalue weighted by Gasteiger charge is -2.27. The van der Waals surface area contributed by atoms with Crippen molar-refractivity contribution in [3.63, 3.8) is 0 Å². The topological polar surface area (TPSA) is 29.1 Å². The Morgan fingerprint density at radius 3 is 2.89 bits per heavy atom. The maximum atomic E-state index is 12.0. The molecule has 1 saturated carbocycles. The molecule has 2 rings (SSSR count). The maximum absolute atomic E-state index is 12.0. The van der Waals surface area contributed by atoms with Gasteiger partial charge in [0.05, 0.1) is 0 Å². The van der Waals surface area contributed by atoms with E-state index in [1.165, 1.54) is 25.7 Å². The average molecular weight is 331 g/mol. The largest absolute Gasteiger partial charge is 0.352 e. The molecule has 1 aliphatic rings. The molecule has 1 amide bonds. The molecule has 1 aliphatic carbocycles. The van der Waals surface area contributed by atoms with E-state index in [1.807, 2.05) is 0 Å². The van der Waals surface area contributed by atoms with E-state index in [4.69, 9.17) is 11.6 Å². The number of nitrogens with one attached hydrogen (secondary N) is 1. The Hall–Kier alpha value is -0.540. The molecule has 1 aromatic carbocycles. The summed E-state index contributed by atoms with van der Waals surface area (Å²) in [6.07, 6.45) is 4.94. The Morgan fingerprint density at radius 2 is 2.17 bits per heavy atom. The Balaban J connectivity index is 1.88. The van der Waals surface area contributed by atoms with Gasteiger partial charge in [-0.1, -0.05) is 46.4 Å². The summed E-state index contributed by atoms with van der Waals surface area (Å²) in [6.45, 7) is 0.737. The Kier molecular flexibility index (Phi) is 5.07. The lowest BCUT2D eigenvalue weighted by molar-refractivity contribution is 0.0944. The van der Waals surface area contributed by atoms with Gasteiger partial charge in [-0.05, 0) is 37.0 Å². The summed E-state index contributed by atoms with van der Waals surface area (Å²) >= 11 is 9.57. The number of alkyl halides is 1. The molecule has 1 N–H and O–H groups in total. The summed E-state index contributed by atoms with van der Waals surface area (Å²) < 4.78 is 0. The molecular formula is C14H17BrClNO. The van der Waals surface area contributed by atoms with Gasteiger partial charge in [0.1, 0.15) is 0 Å². The molecule has 1 fully saturated rings. The molecule has 1 aromatic rings. The van der Waals surface area contributed by atoms with Crippen LogP contribution in [0.2, 0.25) is 5.02 Å². The van der Waals surface area contributed by atoms with Crippen molar-refractivity contribution in [2.45, 2.75) is 30.5 Å². The van der Waals surface area contributed by atoms with Crippen LogP contribution >= 0.6 is 27.5 Å². The summed E-state index contributed by atoms with van der Waals surface area (Å²) in [5.41, 5.74) is 0.629. The number of carbonyl (C=O) groups excluding carboxylic acids is 1. The predicted octanol–water partition coefficient (Wildman–Crippen LogP) is 4.02. The highest BCUT2D eigenvalue weighted by Crippen LogP contribution is 2.29. The van der Waals surface area contributed by atoms with E-state index < -0.39 is 0 Å². The van der Waals surface area contributed by atoms with Crippen molar-refractivity contribution in [2.24, 2.45) is 5.92 Å². The predicted molar refractivity (Wildman–Crippen MR) is 78.5 cm³/mol. The first-order valence-electron chi connectivity index (χ1n) is 6.34. The highest BCUT2D eigenvalue weighted by atomic mass is 79.9. The molecule has 0 spiro atoms. The Bertz CT molecular complexity index is 424. The van der Waals surface area contributed by atoms with Crippen LogP contribution in [0.4, 0.5) is 0 Å². The third kappa shape index (κ3) is 3.72. The van der Waals surface area contributed by atoms with Gasteiger partial charge in [0, 0.05) is 22.0 Å². The molecule has 98 valence electrons. The van der Waals surface area contributed by atoms with Crippen LogP contribution in [0, 0.1) is 5.92 Å². The van der Waals surface area contributed by atoms with E-state index >= 15 is 0 Å². The zero-order valence-electron chi connectivity index (χ0n) is 10.2. The van der Waals surface area contributed by atoms with Crippen LogP contribution in [0.15, 0.2) is 24.3 Å². The van der Waals surface area contributed by atoms with E-state index in [2.05, 4.69) is 21.2 Å². The molecule has 4 heteroatoms. The number of carbonyl (C=O) groups is 1. The van der Waals surface area contributed by atoms with Crippen molar-refractivity contribution in [1.29, 1.82) is 0 Å². The monoisotopic (exact) mass is 329 g/mol. The van der Waals surface area contributed by atoms with E-state index in [0.29, 0.717) is 21.3 Å². The van der Waals surface area contributed by atoms with E-state index in [9.17, 15) is 4.79 Å². The van der Waals surface area contributed by atoms with Gasteiger partial charge in [-0.25, -0.2) is 0 Å². The fourth-order valence-electron chi connectivity index (χ4n) is 2.35. The molecule has 0 radical (unpaired) electrons. The molecule has 2 atom stereocenters. The van der Waals surface area contributed by atoms with Crippen LogP contribution in [0.5, 0.6) is 0 Å². The quantitative estimate of drug-likeness (QED) is 0.833. The summed E-state index contributed by atoms with van der Waals surface area (Å²) in [5, 5.41) is 3.59. The van der Waals surface area contributed by atoms with Crippen molar-refractivity contribution >= 4 is 33.4 Å². The van der Waals surface area contributed by atoms with E-state index in [-0.39, 0.29) is 5.91 Å². The first-order chi connectivity index (χ1) is 8.66. The van der Waals surface area contributed by atoms with Gasteiger partial charge < -0.3 is 5.32 Å². The lowest BCUT2D eigenvalue weighted by atomic mass is 9.89. The van der Waals surface area contributed by atoms with Gasteiger partial charge in [0.15, 0.2) is 0 Å².